The molecule has 0 aliphatic carbocycles. The predicted molar refractivity (Wildman–Crippen MR) is 74.9 cm³/mol. The lowest BCUT2D eigenvalue weighted by atomic mass is 10.2. The second kappa shape index (κ2) is 5.75. The lowest BCUT2D eigenvalue weighted by Gasteiger charge is -2.10. The summed E-state index contributed by atoms with van der Waals surface area (Å²) in [7, 11) is 1.63. The average molecular weight is 296 g/mol. The van der Waals surface area contributed by atoms with E-state index in [-0.39, 0.29) is 11.3 Å². The van der Waals surface area contributed by atoms with Crippen LogP contribution in [0.2, 0.25) is 0 Å². The Morgan fingerprint density at radius 3 is 2.65 bits per heavy atom. The summed E-state index contributed by atoms with van der Waals surface area (Å²) in [4.78, 5) is 16.2. The number of rotatable bonds is 3. The van der Waals surface area contributed by atoms with Gasteiger partial charge in [0.25, 0.3) is 5.56 Å². The fourth-order valence-electron chi connectivity index (χ4n) is 1.71. The third-order valence-corrected chi connectivity index (χ3v) is 4.17. The van der Waals surface area contributed by atoms with Crippen LogP contribution in [0, 0.1) is 25.5 Å². The van der Waals surface area contributed by atoms with E-state index in [1.165, 1.54) is 28.5 Å². The number of aryl methyl sites for hydroxylation is 1. The maximum Gasteiger partial charge on any atom is 0.257 e. The molecule has 0 fully saturated rings. The zero-order valence-corrected chi connectivity index (χ0v) is 12.2. The van der Waals surface area contributed by atoms with Crippen LogP contribution in [-0.2, 0) is 12.8 Å². The van der Waals surface area contributed by atoms with Gasteiger partial charge in [-0.25, -0.2) is 13.8 Å². The van der Waals surface area contributed by atoms with Gasteiger partial charge in [0.2, 0.25) is 0 Å². The van der Waals surface area contributed by atoms with E-state index < -0.39 is 11.6 Å². The minimum atomic E-state index is -0.604. The first-order chi connectivity index (χ1) is 9.40. The van der Waals surface area contributed by atoms with Gasteiger partial charge in [0.15, 0.2) is 5.16 Å². The summed E-state index contributed by atoms with van der Waals surface area (Å²) >= 11 is 1.25. The van der Waals surface area contributed by atoms with E-state index in [0.29, 0.717) is 22.0 Å². The largest absolute Gasteiger partial charge is 0.291 e. The number of halogens is 2. The molecule has 1 aromatic carbocycles. The van der Waals surface area contributed by atoms with Crippen molar-refractivity contribution in [2.45, 2.75) is 24.8 Å². The molecular weight excluding hydrogens is 282 g/mol. The molecule has 106 valence electrons. The van der Waals surface area contributed by atoms with Gasteiger partial charge in [0.1, 0.15) is 11.6 Å². The van der Waals surface area contributed by atoms with Crippen LogP contribution in [0.3, 0.4) is 0 Å². The molecular formula is C14H14F2N2OS. The lowest BCUT2D eigenvalue weighted by molar-refractivity contribution is 0.576. The molecule has 2 rings (SSSR count). The molecule has 0 aliphatic rings. The average Bonchev–Trinajstić information content (AvgIpc) is 2.40. The van der Waals surface area contributed by atoms with Gasteiger partial charge in [-0.3, -0.25) is 9.36 Å². The molecule has 0 amide bonds. The van der Waals surface area contributed by atoms with Crippen molar-refractivity contribution in [3.63, 3.8) is 0 Å². The summed E-state index contributed by atoms with van der Waals surface area (Å²) in [5, 5.41) is 0.516. The summed E-state index contributed by atoms with van der Waals surface area (Å²) in [6, 6.07) is 3.46. The van der Waals surface area contributed by atoms with Crippen LogP contribution in [0.15, 0.2) is 28.2 Å². The predicted octanol–water partition coefficient (Wildman–Crippen LogP) is 2.97. The highest BCUT2D eigenvalue weighted by molar-refractivity contribution is 7.98. The molecule has 3 nitrogen and oxygen atoms in total. The Kier molecular flexibility index (Phi) is 4.23. The normalized spacial score (nSPS) is 10.8. The van der Waals surface area contributed by atoms with Gasteiger partial charge < -0.3 is 0 Å². The van der Waals surface area contributed by atoms with Gasteiger partial charge in [0, 0.05) is 30.1 Å². The van der Waals surface area contributed by atoms with E-state index in [1.807, 2.05) is 0 Å². The Labute approximate surface area is 119 Å². The molecule has 20 heavy (non-hydrogen) atoms. The number of aromatic nitrogens is 2. The number of hydrogen-bond donors (Lipinski definition) is 0. The van der Waals surface area contributed by atoms with E-state index in [0.717, 1.165) is 6.07 Å². The Balaban J connectivity index is 2.25. The van der Waals surface area contributed by atoms with E-state index >= 15 is 0 Å². The molecule has 0 spiro atoms. The molecule has 0 atom stereocenters. The first-order valence-corrected chi connectivity index (χ1v) is 6.99. The van der Waals surface area contributed by atoms with Gasteiger partial charge in [-0.2, -0.15) is 0 Å². The molecule has 1 aromatic heterocycles. The molecule has 0 saturated carbocycles. The zero-order valence-electron chi connectivity index (χ0n) is 11.4. The van der Waals surface area contributed by atoms with Crippen molar-refractivity contribution >= 4 is 11.8 Å². The van der Waals surface area contributed by atoms with Gasteiger partial charge in [-0.05, 0) is 25.5 Å². The summed E-state index contributed by atoms with van der Waals surface area (Å²) in [5.74, 6) is -0.909. The van der Waals surface area contributed by atoms with Crippen molar-refractivity contribution in [1.82, 2.24) is 9.55 Å². The molecule has 1 heterocycles. The maximum absolute atomic E-state index is 13.5. The van der Waals surface area contributed by atoms with Gasteiger partial charge in [0.05, 0.1) is 0 Å². The highest BCUT2D eigenvalue weighted by Gasteiger charge is 2.10. The van der Waals surface area contributed by atoms with E-state index in [2.05, 4.69) is 4.98 Å². The van der Waals surface area contributed by atoms with Crippen LogP contribution in [0.5, 0.6) is 0 Å². The molecule has 6 heteroatoms. The second-order valence-corrected chi connectivity index (χ2v) is 5.44. The van der Waals surface area contributed by atoms with Gasteiger partial charge in [-0.15, -0.1) is 0 Å². The maximum atomic E-state index is 13.5. The first-order valence-electron chi connectivity index (χ1n) is 6.01. The molecule has 0 radical (unpaired) electrons. The summed E-state index contributed by atoms with van der Waals surface area (Å²) in [6.07, 6.45) is 0. The number of benzene rings is 1. The van der Waals surface area contributed by atoms with E-state index in [4.69, 9.17) is 0 Å². The highest BCUT2D eigenvalue weighted by atomic mass is 32.2. The van der Waals surface area contributed by atoms with Crippen LogP contribution in [0.25, 0.3) is 0 Å². The minimum Gasteiger partial charge on any atom is -0.291 e. The number of thioether (sulfide) groups is 1. The van der Waals surface area contributed by atoms with Crippen LogP contribution >= 0.6 is 11.8 Å². The lowest BCUT2D eigenvalue weighted by Crippen LogP contribution is -2.23. The fourth-order valence-corrected chi connectivity index (χ4v) is 2.70. The standard InChI is InChI=1S/C14H14F2N2OS/c1-8-9(2)17-14(18(3)13(8)19)20-7-10-4-5-11(15)6-12(10)16/h4-6H,7H2,1-3H3. The quantitative estimate of drug-likeness (QED) is 0.645. The zero-order chi connectivity index (χ0) is 14.9. The number of hydrogen-bond acceptors (Lipinski definition) is 3. The van der Waals surface area contributed by atoms with Crippen molar-refractivity contribution in [3.8, 4) is 0 Å². The molecule has 0 saturated heterocycles. The molecule has 0 N–H and O–H groups in total. The SMILES string of the molecule is Cc1nc(SCc2ccc(F)cc2F)n(C)c(=O)c1C. The van der Waals surface area contributed by atoms with E-state index in [9.17, 15) is 13.6 Å². The molecule has 2 aromatic rings. The Bertz CT molecular complexity index is 713. The van der Waals surface area contributed by atoms with Crippen LogP contribution in [-0.4, -0.2) is 9.55 Å². The van der Waals surface area contributed by atoms with Crippen LogP contribution in [0.1, 0.15) is 16.8 Å². The van der Waals surface area contributed by atoms with Crippen molar-refractivity contribution in [2.24, 2.45) is 7.05 Å². The van der Waals surface area contributed by atoms with E-state index in [1.54, 1.807) is 20.9 Å². The van der Waals surface area contributed by atoms with Gasteiger partial charge in [-0.1, -0.05) is 17.8 Å². The molecule has 0 unspecified atom stereocenters. The Hall–Kier alpha value is -1.69. The Morgan fingerprint density at radius 1 is 1.30 bits per heavy atom. The summed E-state index contributed by atoms with van der Waals surface area (Å²) < 4.78 is 27.8. The van der Waals surface area contributed by atoms with Crippen LogP contribution < -0.4 is 5.56 Å². The highest BCUT2D eigenvalue weighted by Crippen LogP contribution is 2.22. The topological polar surface area (TPSA) is 34.9 Å². The van der Waals surface area contributed by atoms with Crippen molar-refractivity contribution in [2.75, 3.05) is 0 Å². The van der Waals surface area contributed by atoms with Crippen LogP contribution in [0.4, 0.5) is 8.78 Å². The van der Waals surface area contributed by atoms with Crippen molar-refractivity contribution in [3.05, 3.63) is 57.0 Å². The monoisotopic (exact) mass is 296 g/mol. The number of nitrogens with zero attached hydrogens (tertiary/aromatic N) is 2. The summed E-state index contributed by atoms with van der Waals surface area (Å²) in [5.41, 5.74) is 1.53. The molecule has 0 bridgehead atoms. The fraction of sp³-hybridized carbons (Fsp3) is 0.286. The van der Waals surface area contributed by atoms with Crippen molar-refractivity contribution in [1.29, 1.82) is 0 Å². The minimum absolute atomic E-state index is 0.112. The molecule has 0 aliphatic heterocycles. The first kappa shape index (κ1) is 14.7. The second-order valence-electron chi connectivity index (χ2n) is 4.49. The summed E-state index contributed by atoms with van der Waals surface area (Å²) in [6.45, 7) is 3.48. The van der Waals surface area contributed by atoms with Gasteiger partial charge >= 0.3 is 0 Å². The van der Waals surface area contributed by atoms with Crippen molar-refractivity contribution < 1.29 is 8.78 Å². The third-order valence-electron chi connectivity index (χ3n) is 3.09. The Morgan fingerprint density at radius 2 is 2.00 bits per heavy atom. The smallest absolute Gasteiger partial charge is 0.257 e. The third kappa shape index (κ3) is 2.90.